The van der Waals surface area contributed by atoms with Gasteiger partial charge >= 0.3 is 12.4 Å². The molecule has 0 aliphatic carbocycles. The van der Waals surface area contributed by atoms with E-state index in [1.807, 2.05) is 6.07 Å². The van der Waals surface area contributed by atoms with Crippen molar-refractivity contribution in [3.05, 3.63) is 244 Å². The van der Waals surface area contributed by atoms with Gasteiger partial charge in [0.2, 0.25) is 5.41 Å². The van der Waals surface area contributed by atoms with Crippen LogP contribution >= 0.6 is 0 Å². The largest absolute Gasteiger partial charge is 0.456 e. The minimum absolute atomic E-state index is 0.0304. The molecule has 0 unspecified atom stereocenters. The molecule has 18 heteroatoms. The monoisotopic (exact) mass is 1070 g/mol. The number of hydrogen-bond acceptors (Lipinski definition) is 9. The first-order valence-corrected chi connectivity index (χ1v) is 24.8. The summed E-state index contributed by atoms with van der Waals surface area (Å²) in [5, 5.41) is 20.2. The average molecular weight is 1070 g/mol. The number of alkyl halides is 6. The number of benzene rings is 8. The van der Waals surface area contributed by atoms with Crippen molar-refractivity contribution in [2.45, 2.75) is 36.5 Å². The van der Waals surface area contributed by atoms with Crippen molar-refractivity contribution < 1.29 is 58.4 Å². The zero-order chi connectivity index (χ0) is 55.7. The fourth-order valence-electron chi connectivity index (χ4n) is 9.11. The lowest BCUT2D eigenvalue weighted by molar-refractivity contribution is -0.288. The Balaban J connectivity index is 1.07. The van der Waals surface area contributed by atoms with Gasteiger partial charge in [-0.2, -0.15) is 45.3 Å². The minimum atomic E-state index is -5.93. The molecule has 9 rings (SSSR count). The lowest BCUT2D eigenvalue weighted by Crippen LogP contribution is -2.54. The maximum absolute atomic E-state index is 15.2. The van der Waals surface area contributed by atoms with Crippen LogP contribution in [0.5, 0.6) is 23.0 Å². The molecular weight excluding hydrogens is 1030 g/mol. The second kappa shape index (κ2) is 20.8. The van der Waals surface area contributed by atoms with E-state index in [1.54, 1.807) is 110 Å². The highest BCUT2D eigenvalue weighted by atomic mass is 32.2. The van der Waals surface area contributed by atoms with Crippen LogP contribution in [0, 0.1) is 36.5 Å². The summed E-state index contributed by atoms with van der Waals surface area (Å²) in [5.74, 6) is -1.45. The van der Waals surface area contributed by atoms with Gasteiger partial charge in [-0.1, -0.05) is 84.9 Å². The Morgan fingerprint density at radius 3 is 1.68 bits per heavy atom. The number of imidazole rings is 1. The summed E-state index contributed by atoms with van der Waals surface area (Å²) in [6.07, 6.45) is -6.96. The molecule has 0 spiro atoms. The molecule has 1 heterocycles. The maximum atomic E-state index is 15.2. The first-order valence-electron chi connectivity index (χ1n) is 23.4. The molecule has 0 atom stereocenters. The fraction of sp³-hybridized carbons (Fsp3) is 0.0833. The third-order valence-corrected chi connectivity index (χ3v) is 13.9. The number of ketones is 2. The summed E-state index contributed by atoms with van der Waals surface area (Å²) < 4.78 is 138. The predicted octanol–water partition coefficient (Wildman–Crippen LogP) is 14.3. The summed E-state index contributed by atoms with van der Waals surface area (Å²) in [6.45, 7) is 3.31. The highest BCUT2D eigenvalue weighted by molar-refractivity contribution is 7.85. The van der Waals surface area contributed by atoms with Crippen LogP contribution in [0.1, 0.15) is 65.2 Å². The van der Waals surface area contributed by atoms with Gasteiger partial charge in [0, 0.05) is 45.9 Å². The number of halogens is 6. The highest BCUT2D eigenvalue weighted by Crippen LogP contribution is 2.56. The van der Waals surface area contributed by atoms with Crippen LogP contribution in [0.2, 0.25) is 0 Å². The minimum Gasteiger partial charge on any atom is -0.456 e. The molecular formula is C60H38F6N4O7S. The topological polar surface area (TPSA) is 172 Å². The number of rotatable bonds is 14. The second-order valence-electron chi connectivity index (χ2n) is 17.8. The Labute approximate surface area is 442 Å². The molecule has 78 heavy (non-hydrogen) atoms. The van der Waals surface area contributed by atoms with Gasteiger partial charge in [0.05, 0.1) is 16.8 Å². The molecule has 0 aliphatic rings. The van der Waals surface area contributed by atoms with Crippen molar-refractivity contribution in [3.8, 4) is 63.1 Å². The molecule has 11 nitrogen and oxygen atoms in total. The molecule has 0 aliphatic heterocycles. The van der Waals surface area contributed by atoms with Crippen molar-refractivity contribution in [1.29, 1.82) is 10.5 Å². The number of ether oxygens (including phenoxy) is 2. The highest BCUT2D eigenvalue weighted by Gasteiger charge is 2.72. The number of nitriles is 2. The summed E-state index contributed by atoms with van der Waals surface area (Å²) in [5.41, 5.74) is -3.30. The summed E-state index contributed by atoms with van der Waals surface area (Å²) in [6, 6.07) is 40.7. The number of nitrogens with zero attached hydrogens (tertiary/aromatic N) is 4. The van der Waals surface area contributed by atoms with E-state index in [-0.39, 0.29) is 61.9 Å². The van der Waals surface area contributed by atoms with Gasteiger partial charge < -0.3 is 14.0 Å². The molecule has 1 aromatic heterocycles. The summed E-state index contributed by atoms with van der Waals surface area (Å²) in [4.78, 5) is 32.3. The van der Waals surface area contributed by atoms with E-state index in [2.05, 4.69) is 11.1 Å². The molecule has 8 aromatic carbocycles. The van der Waals surface area contributed by atoms with E-state index in [4.69, 9.17) is 9.47 Å². The average Bonchev–Trinajstić information content (AvgIpc) is 4.07. The molecule has 9 aromatic rings. The van der Waals surface area contributed by atoms with Gasteiger partial charge in [-0.3, -0.25) is 14.1 Å². The number of aryl methyl sites for hydroxylation is 2. The van der Waals surface area contributed by atoms with Crippen LogP contribution in [0.4, 0.5) is 26.3 Å². The van der Waals surface area contributed by atoms with Gasteiger partial charge in [0.1, 0.15) is 40.7 Å². The molecule has 0 radical (unpaired) electrons. The predicted molar refractivity (Wildman–Crippen MR) is 275 cm³/mol. The van der Waals surface area contributed by atoms with Crippen molar-refractivity contribution in [1.82, 2.24) is 9.55 Å². The standard InChI is InChI=1S/C60H38F6N4O7S/c1-36-6-3-10-54(52(36)33-67)76-45-23-17-42(18-24-45)58(59(61,62)63,60(64,65)66)43-19-25-46(26-20-43)77-55-11-5-9-48(53(55)34-68)40-16-27-49(51(32-40)56(71)38-14-21-44(22-15-38)70-29-28-69-35-70)39-13-12-37(2)50(31-39)57(72)41-7-4-8-47(30-41)78(73,74)75/h3-32,35H,1-2H3,(H,73,74,75). The first kappa shape index (κ1) is 53.2. The summed E-state index contributed by atoms with van der Waals surface area (Å²) >= 11 is 0. The molecule has 0 amide bonds. The van der Waals surface area contributed by atoms with Gasteiger partial charge in [-0.15, -0.1) is 0 Å². The van der Waals surface area contributed by atoms with Crippen molar-refractivity contribution in [2.75, 3.05) is 0 Å². The van der Waals surface area contributed by atoms with E-state index in [9.17, 15) is 33.1 Å². The first-order chi connectivity index (χ1) is 37.1. The van der Waals surface area contributed by atoms with Gasteiger partial charge in [0.25, 0.3) is 10.1 Å². The van der Waals surface area contributed by atoms with E-state index >= 15 is 26.3 Å². The zero-order valence-electron chi connectivity index (χ0n) is 40.8. The van der Waals surface area contributed by atoms with E-state index in [0.717, 1.165) is 36.4 Å². The number of aromatic nitrogens is 2. The molecule has 388 valence electrons. The van der Waals surface area contributed by atoms with E-state index in [0.29, 0.717) is 57.8 Å². The summed E-state index contributed by atoms with van der Waals surface area (Å²) in [7, 11) is -4.64. The van der Waals surface area contributed by atoms with Crippen LogP contribution in [-0.4, -0.2) is 46.4 Å². The Bertz CT molecular complexity index is 3980. The Kier molecular flexibility index (Phi) is 14.2. The van der Waals surface area contributed by atoms with E-state index in [1.165, 1.54) is 36.4 Å². The zero-order valence-corrected chi connectivity index (χ0v) is 41.6. The lowest BCUT2D eigenvalue weighted by Gasteiger charge is -2.38. The molecule has 1 N–H and O–H groups in total. The number of hydrogen-bond donors (Lipinski definition) is 1. The normalized spacial score (nSPS) is 11.8. The van der Waals surface area contributed by atoms with Gasteiger partial charge in [-0.25, -0.2) is 4.98 Å². The maximum Gasteiger partial charge on any atom is 0.411 e. The second-order valence-corrected chi connectivity index (χ2v) is 19.2. The third kappa shape index (κ3) is 10.1. The fourth-order valence-corrected chi connectivity index (χ4v) is 9.64. The molecule has 0 bridgehead atoms. The van der Waals surface area contributed by atoms with Crippen LogP contribution in [-0.2, 0) is 15.5 Å². The smallest absolute Gasteiger partial charge is 0.411 e. The number of carbonyl (C=O) groups excluding carboxylic acids is 2. The quantitative estimate of drug-likeness (QED) is 0.0627. The van der Waals surface area contributed by atoms with Crippen molar-refractivity contribution in [2.24, 2.45) is 0 Å². The SMILES string of the molecule is Cc1ccc(-c2ccc(-c3cccc(Oc4ccc(C(c5ccc(Oc6cccc(C)c6C#N)cc5)(C(F)(F)F)C(F)(F)F)cc4)c3C#N)cc2C(=O)c2ccc(-n3ccnc3)cc2)cc1C(=O)c1cccc(S(=O)(=O)O)c1. The Morgan fingerprint density at radius 1 is 0.577 bits per heavy atom. The van der Waals surface area contributed by atoms with Crippen LogP contribution in [0.15, 0.2) is 193 Å². The van der Waals surface area contributed by atoms with Crippen LogP contribution in [0.3, 0.4) is 0 Å². The van der Waals surface area contributed by atoms with Crippen molar-refractivity contribution >= 4 is 21.7 Å². The molecule has 0 saturated heterocycles. The Hall–Kier alpha value is -9.62. The molecule has 0 fully saturated rings. The number of carbonyl (C=O) groups is 2. The van der Waals surface area contributed by atoms with Crippen molar-refractivity contribution in [3.63, 3.8) is 0 Å². The molecule has 0 saturated carbocycles. The lowest BCUT2D eigenvalue weighted by atomic mass is 9.73. The van der Waals surface area contributed by atoms with Gasteiger partial charge in [0.15, 0.2) is 11.6 Å². The van der Waals surface area contributed by atoms with Crippen LogP contribution < -0.4 is 9.47 Å². The van der Waals surface area contributed by atoms with Gasteiger partial charge in [-0.05, 0) is 138 Å². The Morgan fingerprint density at radius 2 is 1.12 bits per heavy atom. The third-order valence-electron chi connectivity index (χ3n) is 13.1. The van der Waals surface area contributed by atoms with Crippen LogP contribution in [0.25, 0.3) is 27.9 Å². The van der Waals surface area contributed by atoms with E-state index < -0.39 is 55.5 Å².